The lowest BCUT2D eigenvalue weighted by Gasteiger charge is -2.46. The van der Waals surface area contributed by atoms with Crippen molar-refractivity contribution in [1.82, 2.24) is 10.2 Å². The zero-order chi connectivity index (χ0) is 15.0. The van der Waals surface area contributed by atoms with Gasteiger partial charge in [0.15, 0.2) is 4.34 Å². The fraction of sp³-hybridized carbons (Fsp3) is 0.750. The second-order valence-corrected chi connectivity index (χ2v) is 8.19. The van der Waals surface area contributed by atoms with Gasteiger partial charge in [0.05, 0.1) is 17.0 Å². The number of rotatable bonds is 4. The highest BCUT2D eigenvalue weighted by atomic mass is 32.2. The Morgan fingerprint density at radius 3 is 2.50 bits per heavy atom. The molecule has 1 aromatic heterocycles. The maximum atomic E-state index is 10.6. The predicted octanol–water partition coefficient (Wildman–Crippen LogP) is 2.11. The van der Waals surface area contributed by atoms with Crippen LogP contribution >= 0.6 is 23.1 Å². The largest absolute Gasteiger partial charge is 0.481 e. The molecule has 2 heterocycles. The molecule has 0 amide bonds. The van der Waals surface area contributed by atoms with Crippen LogP contribution < -0.4 is 4.90 Å². The molecule has 0 atom stereocenters. The monoisotopic (exact) mass is 317 g/mol. The molecule has 112 valence electrons. The third-order valence-corrected chi connectivity index (χ3v) is 4.78. The number of nitrogens with zero attached hydrogens (tertiary/aromatic N) is 3. The zero-order valence-electron chi connectivity index (χ0n) is 12.0. The molecule has 0 spiro atoms. The van der Waals surface area contributed by atoms with Crippen LogP contribution in [0.2, 0.25) is 0 Å². The number of hydrogen-bond donors (Lipinski definition) is 1. The van der Waals surface area contributed by atoms with E-state index in [-0.39, 0.29) is 17.0 Å². The van der Waals surface area contributed by atoms with Gasteiger partial charge >= 0.3 is 5.97 Å². The number of carboxylic acid groups (broad SMARTS) is 1. The summed E-state index contributed by atoms with van der Waals surface area (Å²) < 4.78 is 6.72. The average Bonchev–Trinajstić information content (AvgIpc) is 2.70. The summed E-state index contributed by atoms with van der Waals surface area (Å²) in [6, 6.07) is 0. The SMILES string of the molecule is CC1(C)CN(c2nnc(SCC(=O)O)s2)CC(C)(C)O1. The smallest absolute Gasteiger partial charge is 0.313 e. The summed E-state index contributed by atoms with van der Waals surface area (Å²) in [6.45, 7) is 9.72. The predicted molar refractivity (Wildman–Crippen MR) is 79.7 cm³/mol. The van der Waals surface area contributed by atoms with Crippen molar-refractivity contribution in [3.63, 3.8) is 0 Å². The van der Waals surface area contributed by atoms with Gasteiger partial charge in [-0.05, 0) is 27.7 Å². The molecule has 1 aromatic rings. The van der Waals surface area contributed by atoms with Crippen LogP contribution in [0.25, 0.3) is 0 Å². The van der Waals surface area contributed by atoms with Crippen molar-refractivity contribution >= 4 is 34.2 Å². The van der Waals surface area contributed by atoms with Crippen LogP contribution in [0.1, 0.15) is 27.7 Å². The van der Waals surface area contributed by atoms with Crippen LogP contribution in [0.3, 0.4) is 0 Å². The van der Waals surface area contributed by atoms with Crippen molar-refractivity contribution in [2.24, 2.45) is 0 Å². The van der Waals surface area contributed by atoms with Gasteiger partial charge in [0.1, 0.15) is 0 Å². The molecule has 0 radical (unpaired) electrons. The summed E-state index contributed by atoms with van der Waals surface area (Å²) >= 11 is 2.63. The minimum atomic E-state index is -0.847. The van der Waals surface area contributed by atoms with E-state index in [1.807, 2.05) is 0 Å². The van der Waals surface area contributed by atoms with Crippen molar-refractivity contribution in [2.45, 2.75) is 43.2 Å². The first-order valence-electron chi connectivity index (χ1n) is 6.30. The number of hydrogen-bond acceptors (Lipinski definition) is 7. The molecule has 1 aliphatic heterocycles. The number of morpholine rings is 1. The number of thioether (sulfide) groups is 1. The van der Waals surface area contributed by atoms with Crippen molar-refractivity contribution in [3.05, 3.63) is 0 Å². The molecule has 0 aromatic carbocycles. The highest BCUT2D eigenvalue weighted by molar-refractivity contribution is 8.01. The number of ether oxygens (including phenoxy) is 1. The molecule has 1 saturated heterocycles. The summed E-state index contributed by atoms with van der Waals surface area (Å²) in [7, 11) is 0. The Morgan fingerprint density at radius 1 is 1.35 bits per heavy atom. The van der Waals surface area contributed by atoms with Gasteiger partial charge in [-0.25, -0.2) is 0 Å². The molecule has 2 rings (SSSR count). The van der Waals surface area contributed by atoms with E-state index in [4.69, 9.17) is 9.84 Å². The van der Waals surface area contributed by atoms with Gasteiger partial charge in [-0.1, -0.05) is 23.1 Å². The first-order valence-corrected chi connectivity index (χ1v) is 8.10. The summed E-state index contributed by atoms with van der Waals surface area (Å²) in [5.74, 6) is -0.838. The van der Waals surface area contributed by atoms with E-state index in [0.29, 0.717) is 4.34 Å². The van der Waals surface area contributed by atoms with E-state index in [2.05, 4.69) is 42.8 Å². The van der Waals surface area contributed by atoms with E-state index in [0.717, 1.165) is 18.2 Å². The van der Waals surface area contributed by atoms with Crippen LogP contribution in [0.15, 0.2) is 4.34 Å². The van der Waals surface area contributed by atoms with Gasteiger partial charge in [-0.3, -0.25) is 4.79 Å². The van der Waals surface area contributed by atoms with E-state index in [1.54, 1.807) is 0 Å². The Morgan fingerprint density at radius 2 is 1.95 bits per heavy atom. The van der Waals surface area contributed by atoms with E-state index < -0.39 is 5.97 Å². The van der Waals surface area contributed by atoms with Crippen LogP contribution in [0.5, 0.6) is 0 Å². The third-order valence-electron chi connectivity index (χ3n) is 2.68. The van der Waals surface area contributed by atoms with E-state index >= 15 is 0 Å². The Bertz CT molecular complexity index is 486. The highest BCUT2D eigenvalue weighted by Gasteiger charge is 2.39. The third kappa shape index (κ3) is 4.07. The van der Waals surface area contributed by atoms with Gasteiger partial charge in [-0.2, -0.15) is 0 Å². The van der Waals surface area contributed by atoms with Crippen molar-refractivity contribution < 1.29 is 14.6 Å². The molecule has 1 aliphatic rings. The van der Waals surface area contributed by atoms with Gasteiger partial charge in [-0.15, -0.1) is 10.2 Å². The lowest BCUT2D eigenvalue weighted by Crippen LogP contribution is -2.57. The second kappa shape index (κ2) is 5.50. The summed E-state index contributed by atoms with van der Waals surface area (Å²) in [6.07, 6.45) is 0. The molecule has 1 N–H and O–H groups in total. The molecule has 1 fully saturated rings. The maximum Gasteiger partial charge on any atom is 0.313 e. The fourth-order valence-electron chi connectivity index (χ4n) is 2.44. The van der Waals surface area contributed by atoms with E-state index in [1.165, 1.54) is 23.1 Å². The standard InChI is InChI=1S/C12H19N3O3S2/c1-11(2)6-15(7-12(3,4)18-11)9-13-14-10(20-9)19-5-8(16)17/h5-7H2,1-4H3,(H,16,17). The first kappa shape index (κ1) is 15.5. The molecule has 0 bridgehead atoms. The quantitative estimate of drug-likeness (QED) is 0.852. The van der Waals surface area contributed by atoms with Gasteiger partial charge in [0.2, 0.25) is 5.13 Å². The van der Waals surface area contributed by atoms with Crippen molar-refractivity contribution in [3.8, 4) is 0 Å². The Labute approximate surface area is 126 Å². The molecule has 6 nitrogen and oxygen atoms in total. The van der Waals surface area contributed by atoms with Crippen LogP contribution in [-0.2, 0) is 9.53 Å². The lowest BCUT2D eigenvalue weighted by molar-refractivity contribution is -0.134. The summed E-state index contributed by atoms with van der Waals surface area (Å²) in [5, 5.41) is 17.7. The number of carboxylic acids is 1. The van der Waals surface area contributed by atoms with Crippen LogP contribution in [0, 0.1) is 0 Å². The Balaban J connectivity index is 2.09. The number of aromatic nitrogens is 2. The minimum absolute atomic E-state index is 0.00866. The normalized spacial score (nSPS) is 20.9. The average molecular weight is 317 g/mol. The Hall–Kier alpha value is -0.860. The van der Waals surface area contributed by atoms with Gasteiger partial charge < -0.3 is 14.7 Å². The molecule has 0 aliphatic carbocycles. The van der Waals surface area contributed by atoms with Crippen molar-refractivity contribution in [1.29, 1.82) is 0 Å². The fourth-order valence-corrected chi connectivity index (χ4v) is 3.99. The minimum Gasteiger partial charge on any atom is -0.481 e. The molecule has 8 heteroatoms. The number of carbonyl (C=O) groups is 1. The topological polar surface area (TPSA) is 75.6 Å². The van der Waals surface area contributed by atoms with Gasteiger partial charge in [0, 0.05) is 13.1 Å². The lowest BCUT2D eigenvalue weighted by atomic mass is 9.99. The van der Waals surface area contributed by atoms with Gasteiger partial charge in [0.25, 0.3) is 0 Å². The highest BCUT2D eigenvalue weighted by Crippen LogP contribution is 2.34. The number of anilines is 1. The van der Waals surface area contributed by atoms with Crippen LogP contribution in [-0.4, -0.2) is 51.3 Å². The molecular formula is C12H19N3O3S2. The zero-order valence-corrected chi connectivity index (χ0v) is 13.7. The maximum absolute atomic E-state index is 10.6. The van der Waals surface area contributed by atoms with E-state index in [9.17, 15) is 4.79 Å². The summed E-state index contributed by atoms with van der Waals surface area (Å²) in [5.41, 5.74) is -0.496. The summed E-state index contributed by atoms with van der Waals surface area (Å²) in [4.78, 5) is 12.7. The first-order chi connectivity index (χ1) is 9.17. The molecule has 0 unspecified atom stereocenters. The van der Waals surface area contributed by atoms with Crippen molar-refractivity contribution in [2.75, 3.05) is 23.7 Å². The Kier molecular flexibility index (Phi) is 4.27. The number of aliphatic carboxylic acids is 1. The molecule has 0 saturated carbocycles. The molecular weight excluding hydrogens is 298 g/mol. The second-order valence-electron chi connectivity index (χ2n) is 6.01. The molecule has 20 heavy (non-hydrogen) atoms. The van der Waals surface area contributed by atoms with Crippen LogP contribution in [0.4, 0.5) is 5.13 Å².